The molecule has 2 aliphatic rings. The minimum Gasteiger partial charge on any atom is -0.352 e. The largest absolute Gasteiger partial charge is 0.352 e. The van der Waals surface area contributed by atoms with Crippen LogP contribution in [0.3, 0.4) is 0 Å². The van der Waals surface area contributed by atoms with Gasteiger partial charge in [-0.3, -0.25) is 9.59 Å². The Kier molecular flexibility index (Phi) is 6.20. The number of carbonyl (C=O) groups is 2. The Balaban J connectivity index is 1.36. The molecule has 26 heavy (non-hydrogen) atoms. The molecule has 1 spiro atoms. The van der Waals surface area contributed by atoms with Crippen molar-refractivity contribution in [2.45, 2.75) is 38.6 Å². The standard InChI is InChI=1S/C20H28ClN3O2/c1-23-15-20(8-6-19(23)26)9-12-24(13-10-20)11-7-18(25)22-14-16-2-4-17(21)5-3-16/h2-5H,6-15H2,1H3,(H,22,25). The Labute approximate surface area is 160 Å². The molecule has 1 aromatic carbocycles. The number of amides is 2. The van der Waals surface area contributed by atoms with Crippen molar-refractivity contribution in [1.82, 2.24) is 15.1 Å². The van der Waals surface area contributed by atoms with Crippen LogP contribution in [-0.4, -0.2) is 54.8 Å². The summed E-state index contributed by atoms with van der Waals surface area (Å²) >= 11 is 5.87. The summed E-state index contributed by atoms with van der Waals surface area (Å²) in [5, 5.41) is 3.68. The number of piperidine rings is 2. The number of rotatable bonds is 5. The first-order valence-electron chi connectivity index (χ1n) is 9.43. The molecule has 5 nitrogen and oxygen atoms in total. The lowest BCUT2D eigenvalue weighted by atomic mass is 9.72. The second-order valence-electron chi connectivity index (χ2n) is 7.74. The number of hydrogen-bond acceptors (Lipinski definition) is 3. The molecule has 0 radical (unpaired) electrons. The third kappa shape index (κ3) is 4.98. The fraction of sp³-hybridized carbons (Fsp3) is 0.600. The first-order chi connectivity index (χ1) is 12.5. The topological polar surface area (TPSA) is 52.7 Å². The number of hydrogen-bond donors (Lipinski definition) is 1. The summed E-state index contributed by atoms with van der Waals surface area (Å²) in [6.45, 7) is 4.27. The SMILES string of the molecule is CN1CC2(CCC1=O)CCN(CCC(=O)NCc1ccc(Cl)cc1)CC2. The summed E-state index contributed by atoms with van der Waals surface area (Å²) in [6.07, 6.45) is 4.47. The minimum absolute atomic E-state index is 0.0863. The van der Waals surface area contributed by atoms with Crippen LogP contribution in [0.5, 0.6) is 0 Å². The zero-order valence-electron chi connectivity index (χ0n) is 15.5. The molecule has 6 heteroatoms. The highest BCUT2D eigenvalue weighted by atomic mass is 35.5. The Hall–Kier alpha value is -1.59. The summed E-state index contributed by atoms with van der Waals surface area (Å²) in [7, 11) is 1.92. The molecule has 1 N–H and O–H groups in total. The maximum atomic E-state index is 12.1. The number of nitrogens with zero attached hydrogens (tertiary/aromatic N) is 2. The van der Waals surface area contributed by atoms with E-state index in [0.717, 1.165) is 51.0 Å². The summed E-state index contributed by atoms with van der Waals surface area (Å²) in [6, 6.07) is 7.53. The van der Waals surface area contributed by atoms with Crippen molar-refractivity contribution < 1.29 is 9.59 Å². The van der Waals surface area contributed by atoms with Gasteiger partial charge in [0.05, 0.1) is 0 Å². The van der Waals surface area contributed by atoms with Gasteiger partial charge >= 0.3 is 0 Å². The number of benzene rings is 1. The van der Waals surface area contributed by atoms with Crippen molar-refractivity contribution in [3.8, 4) is 0 Å². The van der Waals surface area contributed by atoms with Crippen molar-refractivity contribution >= 4 is 23.4 Å². The summed E-state index contributed by atoms with van der Waals surface area (Å²) in [5.41, 5.74) is 1.36. The molecular weight excluding hydrogens is 350 g/mol. The first kappa shape index (κ1) is 19.2. The fourth-order valence-electron chi connectivity index (χ4n) is 4.04. The van der Waals surface area contributed by atoms with E-state index >= 15 is 0 Å². The Morgan fingerprint density at radius 2 is 1.88 bits per heavy atom. The van der Waals surface area contributed by atoms with Gasteiger partial charge in [0.2, 0.25) is 11.8 Å². The van der Waals surface area contributed by atoms with Gasteiger partial charge in [-0.25, -0.2) is 0 Å². The lowest BCUT2D eigenvalue weighted by molar-refractivity contribution is -0.137. The maximum absolute atomic E-state index is 12.1. The number of carbonyl (C=O) groups excluding carboxylic acids is 2. The predicted octanol–water partition coefficient (Wildman–Crippen LogP) is 2.68. The first-order valence-corrected chi connectivity index (χ1v) is 9.81. The zero-order valence-corrected chi connectivity index (χ0v) is 16.2. The molecule has 3 rings (SSSR count). The van der Waals surface area contributed by atoms with Gasteiger partial charge < -0.3 is 15.1 Å². The van der Waals surface area contributed by atoms with Crippen LogP contribution < -0.4 is 5.32 Å². The second kappa shape index (κ2) is 8.40. The molecule has 0 aliphatic carbocycles. The smallest absolute Gasteiger partial charge is 0.222 e. The van der Waals surface area contributed by atoms with Crippen LogP contribution in [0.4, 0.5) is 0 Å². The fourth-order valence-corrected chi connectivity index (χ4v) is 4.17. The van der Waals surface area contributed by atoms with E-state index in [0.29, 0.717) is 29.8 Å². The highest BCUT2D eigenvalue weighted by Crippen LogP contribution is 2.39. The quantitative estimate of drug-likeness (QED) is 0.858. The van der Waals surface area contributed by atoms with E-state index in [2.05, 4.69) is 10.2 Å². The van der Waals surface area contributed by atoms with Crippen LogP contribution >= 0.6 is 11.6 Å². The van der Waals surface area contributed by atoms with Gasteiger partial charge in [-0.2, -0.15) is 0 Å². The van der Waals surface area contributed by atoms with Crippen LogP contribution in [0.1, 0.15) is 37.7 Å². The molecule has 0 bridgehead atoms. The van der Waals surface area contributed by atoms with Crippen molar-refractivity contribution in [2.24, 2.45) is 5.41 Å². The normalized spacial score (nSPS) is 20.4. The average Bonchev–Trinajstić information content (AvgIpc) is 2.64. The molecule has 2 amide bonds. The van der Waals surface area contributed by atoms with Gasteiger partial charge in [-0.15, -0.1) is 0 Å². The molecule has 0 saturated carbocycles. The molecule has 0 unspecified atom stereocenters. The molecule has 2 aliphatic heterocycles. The molecule has 2 heterocycles. The van der Waals surface area contributed by atoms with E-state index in [1.54, 1.807) is 0 Å². The average molecular weight is 378 g/mol. The van der Waals surface area contributed by atoms with Crippen LogP contribution in [-0.2, 0) is 16.1 Å². The molecule has 0 aromatic heterocycles. The molecule has 142 valence electrons. The van der Waals surface area contributed by atoms with Gasteiger partial charge in [0.25, 0.3) is 0 Å². The van der Waals surface area contributed by atoms with E-state index in [-0.39, 0.29) is 11.8 Å². The van der Waals surface area contributed by atoms with Crippen LogP contribution in [0, 0.1) is 5.41 Å². The van der Waals surface area contributed by atoms with Crippen molar-refractivity contribution in [1.29, 1.82) is 0 Å². The molecule has 1 aromatic rings. The van der Waals surface area contributed by atoms with E-state index in [4.69, 9.17) is 11.6 Å². The minimum atomic E-state index is 0.0863. The van der Waals surface area contributed by atoms with Crippen molar-refractivity contribution in [2.75, 3.05) is 33.2 Å². The number of nitrogens with one attached hydrogen (secondary N) is 1. The Bertz CT molecular complexity index is 639. The van der Waals surface area contributed by atoms with Gasteiger partial charge in [-0.1, -0.05) is 23.7 Å². The van der Waals surface area contributed by atoms with Crippen molar-refractivity contribution in [3.05, 3.63) is 34.9 Å². The van der Waals surface area contributed by atoms with Gasteiger partial charge in [0.1, 0.15) is 0 Å². The van der Waals surface area contributed by atoms with Gasteiger partial charge in [-0.05, 0) is 55.5 Å². The Morgan fingerprint density at radius 1 is 1.19 bits per heavy atom. The highest BCUT2D eigenvalue weighted by Gasteiger charge is 2.39. The van der Waals surface area contributed by atoms with Crippen LogP contribution in [0.15, 0.2) is 24.3 Å². The molecular formula is C20H28ClN3O2. The predicted molar refractivity (Wildman–Crippen MR) is 103 cm³/mol. The van der Waals surface area contributed by atoms with Crippen LogP contribution in [0.2, 0.25) is 5.02 Å². The molecule has 2 saturated heterocycles. The number of halogens is 1. The van der Waals surface area contributed by atoms with Crippen molar-refractivity contribution in [3.63, 3.8) is 0 Å². The van der Waals surface area contributed by atoms with Crippen LogP contribution in [0.25, 0.3) is 0 Å². The van der Waals surface area contributed by atoms with E-state index in [9.17, 15) is 9.59 Å². The monoisotopic (exact) mass is 377 g/mol. The van der Waals surface area contributed by atoms with Gasteiger partial charge in [0.15, 0.2) is 0 Å². The summed E-state index contributed by atoms with van der Waals surface area (Å²) in [5.74, 6) is 0.360. The summed E-state index contributed by atoms with van der Waals surface area (Å²) in [4.78, 5) is 28.1. The van der Waals surface area contributed by atoms with E-state index in [1.165, 1.54) is 0 Å². The third-order valence-electron chi connectivity index (χ3n) is 5.84. The molecule has 0 atom stereocenters. The lowest BCUT2D eigenvalue weighted by Crippen LogP contribution is -2.50. The van der Waals surface area contributed by atoms with Gasteiger partial charge in [0, 0.05) is 44.5 Å². The molecule has 2 fully saturated rings. The number of likely N-dealkylation sites (tertiary alicyclic amines) is 2. The highest BCUT2D eigenvalue weighted by molar-refractivity contribution is 6.30. The van der Waals surface area contributed by atoms with E-state index in [1.807, 2.05) is 36.2 Å². The Morgan fingerprint density at radius 3 is 2.54 bits per heavy atom. The third-order valence-corrected chi connectivity index (χ3v) is 6.09. The van der Waals surface area contributed by atoms with E-state index < -0.39 is 0 Å². The maximum Gasteiger partial charge on any atom is 0.222 e. The lowest BCUT2D eigenvalue weighted by Gasteiger charge is -2.46. The zero-order chi connectivity index (χ0) is 18.6. The second-order valence-corrected chi connectivity index (χ2v) is 8.18. The summed E-state index contributed by atoms with van der Waals surface area (Å²) < 4.78 is 0.